The Labute approximate surface area is 141 Å². The van der Waals surface area contributed by atoms with Gasteiger partial charge in [-0.25, -0.2) is 9.59 Å². The average Bonchev–Trinajstić information content (AvgIpc) is 2.58. The molecule has 24 heavy (non-hydrogen) atoms. The smallest absolute Gasteiger partial charge is 0.326 e. The number of hydrogen-bond acceptors (Lipinski definition) is 3. The second-order valence-corrected chi connectivity index (χ2v) is 6.00. The van der Waals surface area contributed by atoms with Crippen molar-refractivity contribution in [2.45, 2.75) is 32.9 Å². The first-order valence-electron chi connectivity index (χ1n) is 8.01. The van der Waals surface area contributed by atoms with Crippen molar-refractivity contribution in [1.29, 1.82) is 0 Å². The fraction of sp³-hybridized carbons (Fsp3) is 0.389. The second-order valence-electron chi connectivity index (χ2n) is 6.00. The zero-order valence-electron chi connectivity index (χ0n) is 14.2. The van der Waals surface area contributed by atoms with Crippen LogP contribution in [0.15, 0.2) is 36.4 Å². The molecule has 0 saturated carbocycles. The first kappa shape index (κ1) is 17.7. The molecule has 6 heteroatoms. The minimum Gasteiger partial charge on any atom is -0.480 e. The van der Waals surface area contributed by atoms with Crippen molar-refractivity contribution in [1.82, 2.24) is 15.2 Å². The number of para-hydroxylation sites is 1. The Bertz CT molecular complexity index is 732. The summed E-state index contributed by atoms with van der Waals surface area (Å²) in [5, 5.41) is 12.9. The Morgan fingerprint density at radius 3 is 2.62 bits per heavy atom. The topological polar surface area (TPSA) is 82.5 Å². The Kier molecular flexibility index (Phi) is 5.73. The fourth-order valence-corrected chi connectivity index (χ4v) is 2.44. The summed E-state index contributed by atoms with van der Waals surface area (Å²) in [5.74, 6) is -1.16. The molecule has 6 nitrogen and oxygen atoms in total. The predicted molar refractivity (Wildman–Crippen MR) is 92.6 cm³/mol. The summed E-state index contributed by atoms with van der Waals surface area (Å²) in [6.45, 7) is 4.02. The lowest BCUT2D eigenvalue weighted by molar-refractivity contribution is -0.140. The molecule has 2 amide bonds. The second kappa shape index (κ2) is 7.77. The van der Waals surface area contributed by atoms with Crippen LogP contribution < -0.4 is 5.32 Å². The lowest BCUT2D eigenvalue weighted by Gasteiger charge is -2.24. The number of rotatable bonds is 6. The molecule has 1 heterocycles. The number of urea groups is 1. The van der Waals surface area contributed by atoms with Crippen LogP contribution >= 0.6 is 0 Å². The van der Waals surface area contributed by atoms with E-state index in [9.17, 15) is 14.7 Å². The Hall–Kier alpha value is -2.63. The van der Waals surface area contributed by atoms with Crippen molar-refractivity contribution in [2.24, 2.45) is 5.92 Å². The number of nitrogens with zero attached hydrogens (tertiary/aromatic N) is 2. The van der Waals surface area contributed by atoms with Gasteiger partial charge in [-0.1, -0.05) is 44.5 Å². The lowest BCUT2D eigenvalue weighted by Crippen LogP contribution is -2.49. The summed E-state index contributed by atoms with van der Waals surface area (Å²) in [6, 6.07) is 10.3. The minimum absolute atomic E-state index is 0.140. The third-order valence-corrected chi connectivity index (χ3v) is 4.16. The first-order valence-corrected chi connectivity index (χ1v) is 8.01. The summed E-state index contributed by atoms with van der Waals surface area (Å²) in [7, 11) is 1.63. The molecule has 0 aliphatic heterocycles. The number of aliphatic carboxylic acids is 1. The molecule has 1 aromatic carbocycles. The molecule has 0 bridgehead atoms. The van der Waals surface area contributed by atoms with Gasteiger partial charge in [-0.05, 0) is 18.1 Å². The predicted octanol–water partition coefficient (Wildman–Crippen LogP) is 2.88. The van der Waals surface area contributed by atoms with E-state index >= 15 is 0 Å². The Morgan fingerprint density at radius 2 is 1.96 bits per heavy atom. The van der Waals surface area contributed by atoms with E-state index in [1.165, 1.54) is 4.90 Å². The molecule has 2 atom stereocenters. The van der Waals surface area contributed by atoms with E-state index in [1.807, 2.05) is 50.2 Å². The fourth-order valence-electron chi connectivity index (χ4n) is 2.44. The van der Waals surface area contributed by atoms with E-state index in [0.717, 1.165) is 16.6 Å². The highest BCUT2D eigenvalue weighted by Gasteiger charge is 2.26. The van der Waals surface area contributed by atoms with E-state index in [4.69, 9.17) is 0 Å². The molecule has 0 spiro atoms. The Balaban J connectivity index is 2.05. The van der Waals surface area contributed by atoms with Gasteiger partial charge in [0.15, 0.2) is 0 Å². The highest BCUT2D eigenvalue weighted by atomic mass is 16.4. The third-order valence-electron chi connectivity index (χ3n) is 4.16. The summed E-state index contributed by atoms with van der Waals surface area (Å²) >= 11 is 0. The maximum absolute atomic E-state index is 12.3. The quantitative estimate of drug-likeness (QED) is 0.854. The number of carboxylic acids is 1. The molecule has 2 N–H and O–H groups in total. The van der Waals surface area contributed by atoms with Gasteiger partial charge in [0.1, 0.15) is 6.04 Å². The normalized spacial score (nSPS) is 13.3. The number of hydrogen-bond donors (Lipinski definition) is 2. The maximum atomic E-state index is 12.3. The summed E-state index contributed by atoms with van der Waals surface area (Å²) < 4.78 is 0. The number of carboxylic acid groups (broad SMARTS) is 1. The number of carbonyl (C=O) groups is 2. The van der Waals surface area contributed by atoms with E-state index in [2.05, 4.69) is 10.3 Å². The van der Waals surface area contributed by atoms with Crippen molar-refractivity contribution >= 4 is 22.9 Å². The molecule has 0 fully saturated rings. The van der Waals surface area contributed by atoms with Gasteiger partial charge in [0.05, 0.1) is 17.8 Å². The standard InChI is InChI=1S/C18H23N3O3/c1-4-12(2)16(17(22)23)20-18(24)21(3)11-14-10-9-13-7-5-6-8-15(13)19-14/h5-10,12,16H,4,11H2,1-3H3,(H,20,24)(H,22,23)/t12-,16-/m0/s1. The molecule has 1 aromatic heterocycles. The molecular formula is C18H23N3O3. The summed E-state index contributed by atoms with van der Waals surface area (Å²) in [5.41, 5.74) is 1.62. The monoisotopic (exact) mass is 329 g/mol. The Morgan fingerprint density at radius 1 is 1.25 bits per heavy atom. The zero-order valence-corrected chi connectivity index (χ0v) is 14.2. The van der Waals surface area contributed by atoms with Gasteiger partial charge in [0, 0.05) is 12.4 Å². The number of amides is 2. The minimum atomic E-state index is -1.02. The highest BCUT2D eigenvalue weighted by Crippen LogP contribution is 2.13. The molecule has 128 valence electrons. The zero-order chi connectivity index (χ0) is 17.7. The number of carbonyl (C=O) groups excluding carboxylic acids is 1. The van der Waals surface area contributed by atoms with Crippen LogP contribution in [0, 0.1) is 5.92 Å². The van der Waals surface area contributed by atoms with E-state index in [0.29, 0.717) is 13.0 Å². The molecule has 0 aliphatic rings. The number of pyridine rings is 1. The van der Waals surface area contributed by atoms with Crippen LogP contribution in [0.4, 0.5) is 4.79 Å². The molecule has 2 rings (SSSR count). The van der Waals surface area contributed by atoms with Gasteiger partial charge in [0.2, 0.25) is 0 Å². The summed E-state index contributed by atoms with van der Waals surface area (Å²) in [6.07, 6.45) is 0.674. The van der Waals surface area contributed by atoms with Crippen molar-refractivity contribution in [3.8, 4) is 0 Å². The van der Waals surface area contributed by atoms with E-state index < -0.39 is 18.0 Å². The largest absolute Gasteiger partial charge is 0.480 e. The molecule has 0 saturated heterocycles. The third kappa shape index (κ3) is 4.22. The van der Waals surface area contributed by atoms with Crippen LogP contribution in [0.3, 0.4) is 0 Å². The van der Waals surface area contributed by atoms with Gasteiger partial charge in [-0.2, -0.15) is 0 Å². The molecule has 0 radical (unpaired) electrons. The number of benzene rings is 1. The maximum Gasteiger partial charge on any atom is 0.326 e. The molecule has 2 aromatic rings. The van der Waals surface area contributed by atoms with Crippen LogP contribution in [0.2, 0.25) is 0 Å². The lowest BCUT2D eigenvalue weighted by atomic mass is 9.99. The van der Waals surface area contributed by atoms with E-state index in [1.54, 1.807) is 7.05 Å². The highest BCUT2D eigenvalue weighted by molar-refractivity contribution is 5.83. The van der Waals surface area contributed by atoms with Crippen LogP contribution in [0.25, 0.3) is 10.9 Å². The SMILES string of the molecule is CC[C@H](C)[C@H](NC(=O)N(C)Cc1ccc2ccccc2n1)C(=O)O. The number of nitrogens with one attached hydrogen (secondary N) is 1. The first-order chi connectivity index (χ1) is 11.4. The van der Waals surface area contributed by atoms with Crippen LogP contribution in [-0.4, -0.2) is 40.1 Å². The van der Waals surface area contributed by atoms with Gasteiger partial charge < -0.3 is 15.3 Å². The molecular weight excluding hydrogens is 306 g/mol. The van der Waals surface area contributed by atoms with Crippen molar-refractivity contribution in [2.75, 3.05) is 7.05 Å². The van der Waals surface area contributed by atoms with Crippen LogP contribution in [0.1, 0.15) is 26.0 Å². The van der Waals surface area contributed by atoms with Crippen molar-refractivity contribution < 1.29 is 14.7 Å². The van der Waals surface area contributed by atoms with E-state index in [-0.39, 0.29) is 5.92 Å². The van der Waals surface area contributed by atoms with Gasteiger partial charge >= 0.3 is 12.0 Å². The molecule has 0 aliphatic carbocycles. The van der Waals surface area contributed by atoms with Crippen molar-refractivity contribution in [3.05, 3.63) is 42.1 Å². The molecule has 0 unspecified atom stereocenters. The van der Waals surface area contributed by atoms with Crippen LogP contribution in [-0.2, 0) is 11.3 Å². The average molecular weight is 329 g/mol. The van der Waals surface area contributed by atoms with Crippen molar-refractivity contribution in [3.63, 3.8) is 0 Å². The van der Waals surface area contributed by atoms with Gasteiger partial charge in [-0.15, -0.1) is 0 Å². The number of aromatic nitrogens is 1. The number of fused-ring (bicyclic) bond motifs is 1. The van der Waals surface area contributed by atoms with Crippen LogP contribution in [0.5, 0.6) is 0 Å². The summed E-state index contributed by atoms with van der Waals surface area (Å²) in [4.78, 5) is 29.6. The van der Waals surface area contributed by atoms with Gasteiger partial charge in [-0.3, -0.25) is 4.98 Å². The van der Waals surface area contributed by atoms with Gasteiger partial charge in [0.25, 0.3) is 0 Å².